The zero-order valence-electron chi connectivity index (χ0n) is 7.51. The van der Waals surface area contributed by atoms with Crippen LogP contribution in [0.25, 0.3) is 0 Å². The lowest BCUT2D eigenvalue weighted by Gasteiger charge is -2.35. The summed E-state index contributed by atoms with van der Waals surface area (Å²) in [7, 11) is 0. The highest BCUT2D eigenvalue weighted by Gasteiger charge is 2.32. The first-order valence-electron chi connectivity index (χ1n) is 4.44. The van der Waals surface area contributed by atoms with E-state index in [2.05, 4.69) is 13.8 Å². The van der Waals surface area contributed by atoms with Crippen LogP contribution in [-0.2, 0) is 4.74 Å². The van der Waals surface area contributed by atoms with Gasteiger partial charge in [0.15, 0.2) is 6.36 Å². The molecule has 1 aliphatic rings. The lowest BCUT2D eigenvalue weighted by Crippen LogP contribution is -2.36. The average Bonchev–Trinajstić information content (AvgIpc) is 1.96. The van der Waals surface area contributed by atoms with Crippen molar-refractivity contribution in [3.05, 3.63) is 0 Å². The van der Waals surface area contributed by atoms with Gasteiger partial charge in [-0.25, -0.2) is 4.39 Å². The van der Waals surface area contributed by atoms with Crippen molar-refractivity contribution in [2.24, 2.45) is 11.8 Å². The molecule has 0 saturated carbocycles. The van der Waals surface area contributed by atoms with E-state index in [-0.39, 0.29) is 6.10 Å². The first-order valence-corrected chi connectivity index (χ1v) is 4.44. The van der Waals surface area contributed by atoms with Crippen LogP contribution in [0.2, 0.25) is 0 Å². The molecule has 0 aromatic heterocycles. The predicted molar refractivity (Wildman–Crippen MR) is 43.0 cm³/mol. The summed E-state index contributed by atoms with van der Waals surface area (Å²) >= 11 is 0. The van der Waals surface area contributed by atoms with Gasteiger partial charge in [0.05, 0.1) is 6.10 Å². The van der Waals surface area contributed by atoms with Crippen LogP contribution in [0.5, 0.6) is 0 Å². The number of hydrogen-bond donors (Lipinski definition) is 0. The van der Waals surface area contributed by atoms with Gasteiger partial charge in [-0.2, -0.15) is 0 Å². The molecule has 1 heterocycles. The zero-order valence-corrected chi connectivity index (χ0v) is 7.51. The Morgan fingerprint density at radius 3 is 2.64 bits per heavy atom. The van der Waals surface area contributed by atoms with Crippen molar-refractivity contribution in [3.8, 4) is 0 Å². The van der Waals surface area contributed by atoms with Gasteiger partial charge in [0, 0.05) is 6.42 Å². The standard InChI is InChI=1S/C9H17FO/c1-4-8-7(3)6(2)5-9(10)11-8/h6-9H,4-5H2,1-3H3/t6-,7+,8?,9+/m1/s1. The van der Waals surface area contributed by atoms with E-state index in [1.165, 1.54) is 0 Å². The average molecular weight is 160 g/mol. The van der Waals surface area contributed by atoms with Crippen LogP contribution in [0.1, 0.15) is 33.6 Å². The summed E-state index contributed by atoms with van der Waals surface area (Å²) in [4.78, 5) is 0. The Morgan fingerprint density at radius 2 is 2.09 bits per heavy atom. The number of rotatable bonds is 1. The van der Waals surface area contributed by atoms with Gasteiger partial charge in [0.25, 0.3) is 0 Å². The Hall–Kier alpha value is -0.110. The Bertz CT molecular complexity index is 127. The first kappa shape index (κ1) is 8.98. The third-order valence-corrected chi connectivity index (χ3v) is 2.77. The van der Waals surface area contributed by atoms with E-state index in [1.807, 2.05) is 6.92 Å². The maximum absolute atomic E-state index is 12.8. The van der Waals surface area contributed by atoms with Crippen molar-refractivity contribution in [2.45, 2.75) is 46.1 Å². The van der Waals surface area contributed by atoms with Crippen molar-refractivity contribution in [1.29, 1.82) is 0 Å². The van der Waals surface area contributed by atoms with Crippen LogP contribution < -0.4 is 0 Å². The molecule has 0 aromatic rings. The predicted octanol–water partition coefficient (Wildman–Crippen LogP) is 2.75. The van der Waals surface area contributed by atoms with Gasteiger partial charge in [0.2, 0.25) is 0 Å². The Morgan fingerprint density at radius 1 is 1.45 bits per heavy atom. The van der Waals surface area contributed by atoms with Crippen LogP contribution >= 0.6 is 0 Å². The fourth-order valence-electron chi connectivity index (χ4n) is 1.71. The number of ether oxygens (including phenoxy) is 1. The quantitative estimate of drug-likeness (QED) is 0.573. The normalized spacial score (nSPS) is 45.8. The van der Waals surface area contributed by atoms with Gasteiger partial charge >= 0.3 is 0 Å². The minimum atomic E-state index is -1.02. The highest BCUT2D eigenvalue weighted by molar-refractivity contribution is 4.76. The molecular weight excluding hydrogens is 143 g/mol. The number of halogens is 1. The van der Waals surface area contributed by atoms with Crippen molar-refractivity contribution in [2.75, 3.05) is 0 Å². The van der Waals surface area contributed by atoms with E-state index >= 15 is 0 Å². The number of alkyl halides is 1. The van der Waals surface area contributed by atoms with Gasteiger partial charge in [-0.3, -0.25) is 0 Å². The van der Waals surface area contributed by atoms with Crippen LogP contribution in [-0.4, -0.2) is 12.5 Å². The molecule has 0 spiro atoms. The van der Waals surface area contributed by atoms with E-state index < -0.39 is 6.36 Å². The molecular formula is C9H17FO. The molecule has 2 heteroatoms. The minimum absolute atomic E-state index is 0.133. The highest BCUT2D eigenvalue weighted by Crippen LogP contribution is 2.31. The summed E-state index contributed by atoms with van der Waals surface area (Å²) in [6.07, 6.45) is 0.601. The molecule has 66 valence electrons. The minimum Gasteiger partial charge on any atom is -0.344 e. The second-order valence-corrected chi connectivity index (χ2v) is 3.56. The largest absolute Gasteiger partial charge is 0.344 e. The summed E-state index contributed by atoms with van der Waals surface area (Å²) in [5, 5.41) is 0. The molecule has 0 radical (unpaired) electrons. The monoisotopic (exact) mass is 160 g/mol. The molecule has 1 aliphatic heterocycles. The van der Waals surface area contributed by atoms with E-state index in [0.717, 1.165) is 6.42 Å². The third kappa shape index (κ3) is 1.92. The maximum Gasteiger partial charge on any atom is 0.199 e. The molecule has 1 rings (SSSR count). The molecule has 0 aromatic carbocycles. The van der Waals surface area contributed by atoms with Gasteiger partial charge < -0.3 is 4.74 Å². The van der Waals surface area contributed by atoms with Crippen molar-refractivity contribution in [3.63, 3.8) is 0 Å². The maximum atomic E-state index is 12.8. The molecule has 1 saturated heterocycles. The summed E-state index contributed by atoms with van der Waals surface area (Å²) in [5.74, 6) is 0.968. The molecule has 0 bridgehead atoms. The topological polar surface area (TPSA) is 9.23 Å². The number of hydrogen-bond acceptors (Lipinski definition) is 1. The fourth-order valence-corrected chi connectivity index (χ4v) is 1.71. The van der Waals surface area contributed by atoms with Crippen LogP contribution in [0, 0.1) is 11.8 Å². The SMILES string of the molecule is CCC1O[C@H](F)C[C@@H](C)[C@@H]1C. The van der Waals surface area contributed by atoms with Crippen LogP contribution in [0.15, 0.2) is 0 Å². The van der Waals surface area contributed by atoms with Gasteiger partial charge in [-0.15, -0.1) is 0 Å². The summed E-state index contributed by atoms with van der Waals surface area (Å²) in [6.45, 7) is 6.29. The van der Waals surface area contributed by atoms with Crippen molar-refractivity contribution in [1.82, 2.24) is 0 Å². The van der Waals surface area contributed by atoms with Crippen LogP contribution in [0.3, 0.4) is 0 Å². The molecule has 1 fully saturated rings. The molecule has 1 unspecified atom stereocenters. The first-order chi connectivity index (χ1) is 5.15. The highest BCUT2D eigenvalue weighted by atomic mass is 19.1. The van der Waals surface area contributed by atoms with E-state index in [4.69, 9.17) is 4.74 Å². The Kier molecular flexibility index (Phi) is 2.88. The van der Waals surface area contributed by atoms with E-state index in [0.29, 0.717) is 18.3 Å². The summed E-state index contributed by atoms with van der Waals surface area (Å²) < 4.78 is 18.0. The third-order valence-electron chi connectivity index (χ3n) is 2.77. The second-order valence-electron chi connectivity index (χ2n) is 3.56. The molecule has 1 nitrogen and oxygen atoms in total. The molecule has 0 N–H and O–H groups in total. The van der Waals surface area contributed by atoms with Crippen molar-refractivity contribution >= 4 is 0 Å². The summed E-state index contributed by atoms with van der Waals surface area (Å²) in [5.41, 5.74) is 0. The van der Waals surface area contributed by atoms with Crippen LogP contribution in [0.4, 0.5) is 4.39 Å². The van der Waals surface area contributed by atoms with E-state index in [1.54, 1.807) is 0 Å². The molecule has 0 aliphatic carbocycles. The fraction of sp³-hybridized carbons (Fsp3) is 1.00. The van der Waals surface area contributed by atoms with Gasteiger partial charge in [0.1, 0.15) is 0 Å². The molecule has 4 atom stereocenters. The Balaban J connectivity index is 2.51. The Labute approximate surface area is 67.9 Å². The van der Waals surface area contributed by atoms with E-state index in [9.17, 15) is 4.39 Å². The van der Waals surface area contributed by atoms with Gasteiger partial charge in [-0.1, -0.05) is 20.8 Å². The molecule has 0 amide bonds. The van der Waals surface area contributed by atoms with Crippen molar-refractivity contribution < 1.29 is 9.13 Å². The van der Waals surface area contributed by atoms with Gasteiger partial charge in [-0.05, 0) is 18.3 Å². The lowest BCUT2D eigenvalue weighted by molar-refractivity contribution is -0.157. The smallest absolute Gasteiger partial charge is 0.199 e. The zero-order chi connectivity index (χ0) is 8.43. The molecule has 11 heavy (non-hydrogen) atoms. The summed E-state index contributed by atoms with van der Waals surface area (Å²) in [6, 6.07) is 0. The second kappa shape index (κ2) is 3.53. The lowest BCUT2D eigenvalue weighted by atomic mass is 9.85.